The lowest BCUT2D eigenvalue weighted by Crippen LogP contribution is -2.50. The number of rotatable bonds is 3. The van der Waals surface area contributed by atoms with E-state index in [0.717, 1.165) is 37.1 Å². The van der Waals surface area contributed by atoms with Crippen LogP contribution in [0.1, 0.15) is 5.82 Å². The molecule has 0 bridgehead atoms. The Labute approximate surface area is 117 Å². The molecule has 0 unspecified atom stereocenters. The Morgan fingerprint density at radius 3 is 2.56 bits per heavy atom. The van der Waals surface area contributed by atoms with Crippen molar-refractivity contribution in [3.8, 4) is 0 Å². The summed E-state index contributed by atoms with van der Waals surface area (Å²) in [4.78, 5) is 20.1. The molecule has 1 aliphatic rings. The van der Waals surface area contributed by atoms with E-state index >= 15 is 0 Å². The second-order valence-corrected chi connectivity index (χ2v) is 4.75. The molecule has 1 fully saturated rings. The molecule has 2 rings (SSSR count). The van der Waals surface area contributed by atoms with Gasteiger partial charge in [0.15, 0.2) is 0 Å². The second kappa shape index (κ2) is 6.86. The molecule has 6 nitrogen and oxygen atoms in total. The van der Waals surface area contributed by atoms with Crippen molar-refractivity contribution in [1.82, 2.24) is 19.6 Å². The summed E-state index contributed by atoms with van der Waals surface area (Å²) in [5, 5.41) is 3.85. The summed E-state index contributed by atoms with van der Waals surface area (Å²) in [5.74, 6) is 0.985. The predicted molar refractivity (Wildman–Crippen MR) is 74.6 cm³/mol. The van der Waals surface area contributed by atoms with E-state index in [1.807, 2.05) is 11.8 Å². The summed E-state index contributed by atoms with van der Waals surface area (Å²) >= 11 is 1.42. The van der Waals surface area contributed by atoms with Gasteiger partial charge in [-0.25, -0.2) is 4.98 Å². The minimum atomic E-state index is 0. The van der Waals surface area contributed by atoms with Crippen LogP contribution in [0.25, 0.3) is 0 Å². The van der Waals surface area contributed by atoms with Crippen LogP contribution in [0, 0.1) is 6.92 Å². The molecule has 1 aromatic heterocycles. The molecule has 0 saturated carbocycles. The number of aryl methyl sites for hydroxylation is 1. The first kappa shape index (κ1) is 15.1. The average molecular weight is 292 g/mol. The monoisotopic (exact) mass is 291 g/mol. The molecule has 1 saturated heterocycles. The Morgan fingerprint density at radius 1 is 1.39 bits per heavy atom. The topological polar surface area (TPSA) is 61.4 Å². The van der Waals surface area contributed by atoms with Gasteiger partial charge in [-0.2, -0.15) is 4.37 Å². The fourth-order valence-corrected chi connectivity index (χ4v) is 2.55. The van der Waals surface area contributed by atoms with Crippen LogP contribution in [0.5, 0.6) is 0 Å². The molecule has 1 aliphatic heterocycles. The van der Waals surface area contributed by atoms with Crippen LogP contribution in [0.3, 0.4) is 0 Å². The third kappa shape index (κ3) is 3.54. The van der Waals surface area contributed by atoms with Gasteiger partial charge in [-0.05, 0) is 14.0 Å². The number of carbonyl (C=O) groups is 1. The number of aromatic nitrogens is 2. The lowest BCUT2D eigenvalue weighted by atomic mass is 10.3. The fourth-order valence-electron chi connectivity index (χ4n) is 1.82. The molecular weight excluding hydrogens is 274 g/mol. The molecule has 8 heteroatoms. The van der Waals surface area contributed by atoms with Crippen molar-refractivity contribution in [3.05, 3.63) is 5.82 Å². The Bertz CT molecular complexity index is 391. The minimum Gasteiger partial charge on any atom is -0.343 e. The van der Waals surface area contributed by atoms with E-state index < -0.39 is 0 Å². The molecule has 1 aromatic rings. The minimum absolute atomic E-state index is 0. The van der Waals surface area contributed by atoms with Gasteiger partial charge in [0.2, 0.25) is 11.0 Å². The van der Waals surface area contributed by atoms with Gasteiger partial charge in [0, 0.05) is 37.7 Å². The summed E-state index contributed by atoms with van der Waals surface area (Å²) in [7, 11) is 1.79. The van der Waals surface area contributed by atoms with Gasteiger partial charge in [0.1, 0.15) is 5.82 Å². The van der Waals surface area contributed by atoms with E-state index in [0.29, 0.717) is 6.54 Å². The summed E-state index contributed by atoms with van der Waals surface area (Å²) in [6.07, 6.45) is 0. The third-order valence-corrected chi connectivity index (χ3v) is 3.62. The van der Waals surface area contributed by atoms with Gasteiger partial charge < -0.3 is 15.1 Å². The van der Waals surface area contributed by atoms with E-state index in [9.17, 15) is 4.79 Å². The molecule has 1 N–H and O–H groups in total. The summed E-state index contributed by atoms with van der Waals surface area (Å²) in [5.41, 5.74) is 0. The first-order valence-electron chi connectivity index (χ1n) is 5.68. The molecule has 2 heterocycles. The maximum absolute atomic E-state index is 11.7. The normalized spacial score (nSPS) is 15.4. The van der Waals surface area contributed by atoms with Crippen molar-refractivity contribution in [2.45, 2.75) is 6.92 Å². The van der Waals surface area contributed by atoms with Crippen molar-refractivity contribution in [3.63, 3.8) is 0 Å². The third-order valence-electron chi connectivity index (χ3n) is 2.75. The first-order chi connectivity index (χ1) is 8.20. The van der Waals surface area contributed by atoms with Crippen molar-refractivity contribution >= 4 is 35.0 Å². The number of anilines is 1. The quantitative estimate of drug-likeness (QED) is 0.858. The zero-order chi connectivity index (χ0) is 12.3. The number of nitrogens with zero attached hydrogens (tertiary/aromatic N) is 4. The second-order valence-electron chi connectivity index (χ2n) is 4.02. The Kier molecular flexibility index (Phi) is 5.77. The number of nitrogens with one attached hydrogen (secondary N) is 1. The van der Waals surface area contributed by atoms with Crippen LogP contribution < -0.4 is 10.2 Å². The highest BCUT2D eigenvalue weighted by molar-refractivity contribution is 7.09. The summed E-state index contributed by atoms with van der Waals surface area (Å²) in [6.45, 7) is 5.51. The van der Waals surface area contributed by atoms with Crippen LogP contribution in [0.15, 0.2) is 0 Å². The zero-order valence-corrected chi connectivity index (χ0v) is 12.2. The Balaban J connectivity index is 0.00000162. The number of hydrogen-bond acceptors (Lipinski definition) is 6. The molecule has 0 aromatic carbocycles. The maximum Gasteiger partial charge on any atom is 0.236 e. The first-order valence-corrected chi connectivity index (χ1v) is 6.45. The van der Waals surface area contributed by atoms with E-state index in [2.05, 4.69) is 19.6 Å². The van der Waals surface area contributed by atoms with Gasteiger partial charge >= 0.3 is 0 Å². The van der Waals surface area contributed by atoms with E-state index in [4.69, 9.17) is 0 Å². The van der Waals surface area contributed by atoms with Crippen LogP contribution in [-0.2, 0) is 4.79 Å². The number of likely N-dealkylation sites (N-methyl/N-ethyl adjacent to an activating group) is 1. The highest BCUT2D eigenvalue weighted by Crippen LogP contribution is 2.18. The van der Waals surface area contributed by atoms with E-state index in [1.54, 1.807) is 7.05 Å². The molecule has 18 heavy (non-hydrogen) atoms. The molecule has 0 spiro atoms. The molecule has 0 radical (unpaired) electrons. The number of amides is 1. The number of piperazine rings is 1. The van der Waals surface area contributed by atoms with Crippen molar-refractivity contribution in [2.24, 2.45) is 0 Å². The standard InChI is InChI=1S/C10H17N5OS.ClH/c1-8-12-10(17-13-8)15-5-3-14(4-6-15)9(16)7-11-2;/h11H,3-7H2,1-2H3;1H. The van der Waals surface area contributed by atoms with Crippen molar-refractivity contribution in [1.29, 1.82) is 0 Å². The van der Waals surface area contributed by atoms with Crippen molar-refractivity contribution < 1.29 is 4.79 Å². The molecule has 0 atom stereocenters. The fraction of sp³-hybridized carbons (Fsp3) is 0.700. The lowest BCUT2D eigenvalue weighted by molar-refractivity contribution is -0.130. The van der Waals surface area contributed by atoms with Crippen LogP contribution in [0.4, 0.5) is 5.13 Å². The largest absolute Gasteiger partial charge is 0.343 e. The van der Waals surface area contributed by atoms with E-state index in [-0.39, 0.29) is 18.3 Å². The average Bonchev–Trinajstić information content (AvgIpc) is 2.76. The summed E-state index contributed by atoms with van der Waals surface area (Å²) in [6, 6.07) is 0. The van der Waals surface area contributed by atoms with E-state index in [1.165, 1.54) is 11.5 Å². The SMILES string of the molecule is CNCC(=O)N1CCN(c2nc(C)ns2)CC1.Cl. The lowest BCUT2D eigenvalue weighted by Gasteiger charge is -2.34. The Hall–Kier alpha value is -0.920. The van der Waals surface area contributed by atoms with Crippen molar-refractivity contribution in [2.75, 3.05) is 44.7 Å². The highest BCUT2D eigenvalue weighted by atomic mass is 35.5. The number of carbonyl (C=O) groups excluding carboxylic acids is 1. The van der Waals surface area contributed by atoms with Gasteiger partial charge in [-0.15, -0.1) is 12.4 Å². The number of halogens is 1. The van der Waals surface area contributed by atoms with Gasteiger partial charge in [-0.3, -0.25) is 4.79 Å². The van der Waals surface area contributed by atoms with Crippen LogP contribution in [0.2, 0.25) is 0 Å². The van der Waals surface area contributed by atoms with Gasteiger partial charge in [0.05, 0.1) is 6.54 Å². The van der Waals surface area contributed by atoms with Gasteiger partial charge in [0.25, 0.3) is 0 Å². The Morgan fingerprint density at radius 2 is 2.06 bits per heavy atom. The predicted octanol–water partition coefficient (Wildman–Crippen LogP) is 0.136. The smallest absolute Gasteiger partial charge is 0.236 e. The molecule has 1 amide bonds. The maximum atomic E-state index is 11.7. The van der Waals surface area contributed by atoms with Crippen LogP contribution >= 0.6 is 23.9 Å². The van der Waals surface area contributed by atoms with Gasteiger partial charge in [-0.1, -0.05) is 0 Å². The molecule has 102 valence electrons. The van der Waals surface area contributed by atoms with Crippen LogP contribution in [-0.4, -0.2) is 59.9 Å². The highest BCUT2D eigenvalue weighted by Gasteiger charge is 2.22. The summed E-state index contributed by atoms with van der Waals surface area (Å²) < 4.78 is 4.17. The molecule has 0 aliphatic carbocycles. The zero-order valence-electron chi connectivity index (χ0n) is 10.5. The molecular formula is C10H18ClN5OS. The number of hydrogen-bond donors (Lipinski definition) is 1.